The van der Waals surface area contributed by atoms with Crippen LogP contribution in [0.15, 0.2) is 76.3 Å². The molecular formula is C26H31IN4O3. The summed E-state index contributed by atoms with van der Waals surface area (Å²) in [6.07, 6.45) is 4.05. The smallest absolute Gasteiger partial charge is 0.251 e. The van der Waals surface area contributed by atoms with Gasteiger partial charge in [-0.05, 0) is 42.3 Å². The van der Waals surface area contributed by atoms with E-state index >= 15 is 0 Å². The zero-order chi connectivity index (χ0) is 22.9. The van der Waals surface area contributed by atoms with Crippen molar-refractivity contribution < 1.29 is 13.9 Å². The summed E-state index contributed by atoms with van der Waals surface area (Å²) in [6.45, 7) is 1.97. The first kappa shape index (κ1) is 25.6. The Morgan fingerprint density at radius 1 is 1.09 bits per heavy atom. The van der Waals surface area contributed by atoms with E-state index < -0.39 is 0 Å². The van der Waals surface area contributed by atoms with Crippen LogP contribution in [-0.2, 0) is 12.8 Å². The number of halogens is 1. The molecule has 0 saturated heterocycles. The van der Waals surface area contributed by atoms with Gasteiger partial charge in [0.1, 0.15) is 11.5 Å². The molecule has 3 aromatic rings. The molecule has 0 saturated carbocycles. The van der Waals surface area contributed by atoms with Crippen LogP contribution in [0, 0.1) is 0 Å². The summed E-state index contributed by atoms with van der Waals surface area (Å²) in [5.41, 5.74) is 2.90. The lowest BCUT2D eigenvalue weighted by atomic mass is 10.0. The molecule has 3 N–H and O–H groups in total. The molecule has 0 radical (unpaired) electrons. The van der Waals surface area contributed by atoms with E-state index in [1.54, 1.807) is 13.3 Å². The van der Waals surface area contributed by atoms with E-state index in [-0.39, 0.29) is 35.9 Å². The van der Waals surface area contributed by atoms with Gasteiger partial charge in [-0.25, -0.2) is 0 Å². The van der Waals surface area contributed by atoms with Crippen molar-refractivity contribution in [1.82, 2.24) is 16.0 Å². The van der Waals surface area contributed by atoms with E-state index in [1.807, 2.05) is 54.6 Å². The topological polar surface area (TPSA) is 87.9 Å². The molecule has 0 aliphatic carbocycles. The Kier molecular flexibility index (Phi) is 9.81. The maximum absolute atomic E-state index is 11.9. The number of aliphatic imine (C=N–C) groups is 1. The number of hydrogen-bond donors (Lipinski definition) is 3. The molecule has 2 aromatic carbocycles. The van der Waals surface area contributed by atoms with E-state index in [0.717, 1.165) is 47.9 Å². The third kappa shape index (κ3) is 6.99. The standard InChI is InChI=1S/C26H30N4O3.HI/c1-27-25(31)20-7-4-6-19(18-20)11-14-28-26(29-15-12-21-8-5-16-32-21)30-23-13-17-33-24-10-3-2-9-22(23)24;/h2-10,16,18,23H,11-15,17H2,1H3,(H,27,31)(H2,28,29,30);1H. The van der Waals surface area contributed by atoms with Gasteiger partial charge in [0.25, 0.3) is 5.91 Å². The summed E-state index contributed by atoms with van der Waals surface area (Å²) in [5.74, 6) is 2.51. The van der Waals surface area contributed by atoms with Gasteiger partial charge in [-0.2, -0.15) is 0 Å². The molecule has 1 aromatic heterocycles. The number of carbonyl (C=O) groups is 1. The van der Waals surface area contributed by atoms with Gasteiger partial charge in [0.15, 0.2) is 5.96 Å². The zero-order valence-corrected chi connectivity index (χ0v) is 21.6. The van der Waals surface area contributed by atoms with Crippen molar-refractivity contribution in [1.29, 1.82) is 0 Å². The third-order valence-corrected chi connectivity index (χ3v) is 5.60. The van der Waals surface area contributed by atoms with E-state index in [1.165, 1.54) is 0 Å². The first-order valence-corrected chi connectivity index (χ1v) is 11.3. The highest BCUT2D eigenvalue weighted by Gasteiger charge is 2.21. The zero-order valence-electron chi connectivity index (χ0n) is 19.3. The Bertz CT molecular complexity index is 1090. The lowest BCUT2D eigenvalue weighted by Gasteiger charge is -2.28. The highest BCUT2D eigenvalue weighted by Crippen LogP contribution is 2.31. The van der Waals surface area contributed by atoms with Crippen LogP contribution in [0.3, 0.4) is 0 Å². The highest BCUT2D eigenvalue weighted by atomic mass is 127. The van der Waals surface area contributed by atoms with Crippen molar-refractivity contribution in [3.05, 3.63) is 89.4 Å². The number of furan rings is 1. The Morgan fingerprint density at radius 3 is 2.79 bits per heavy atom. The van der Waals surface area contributed by atoms with Crippen LogP contribution in [0.1, 0.15) is 39.7 Å². The second-order valence-electron chi connectivity index (χ2n) is 7.89. The molecule has 0 bridgehead atoms. The number of benzene rings is 2. The molecule has 8 heteroatoms. The van der Waals surface area contributed by atoms with E-state index in [2.05, 4.69) is 22.0 Å². The van der Waals surface area contributed by atoms with Crippen molar-refractivity contribution in [2.24, 2.45) is 4.99 Å². The van der Waals surface area contributed by atoms with E-state index in [0.29, 0.717) is 25.3 Å². The minimum Gasteiger partial charge on any atom is -0.493 e. The number of fused-ring (bicyclic) bond motifs is 1. The van der Waals surface area contributed by atoms with E-state index in [4.69, 9.17) is 14.1 Å². The second-order valence-corrected chi connectivity index (χ2v) is 7.89. The summed E-state index contributed by atoms with van der Waals surface area (Å²) in [7, 11) is 1.64. The van der Waals surface area contributed by atoms with Gasteiger partial charge < -0.3 is 25.1 Å². The molecule has 0 fully saturated rings. The Balaban J connectivity index is 0.00000324. The number of para-hydroxylation sites is 1. The molecule has 2 heterocycles. The number of ether oxygens (including phenoxy) is 1. The van der Waals surface area contributed by atoms with Crippen molar-refractivity contribution >= 4 is 35.8 Å². The van der Waals surface area contributed by atoms with Crippen LogP contribution in [0.25, 0.3) is 0 Å². The number of nitrogens with one attached hydrogen (secondary N) is 3. The maximum atomic E-state index is 11.9. The van der Waals surface area contributed by atoms with Crippen LogP contribution in [-0.4, -0.2) is 38.6 Å². The van der Waals surface area contributed by atoms with Crippen LogP contribution in [0.2, 0.25) is 0 Å². The summed E-state index contributed by atoms with van der Waals surface area (Å²) >= 11 is 0. The number of amides is 1. The molecule has 34 heavy (non-hydrogen) atoms. The molecule has 4 rings (SSSR count). The van der Waals surface area contributed by atoms with Gasteiger partial charge in [-0.3, -0.25) is 9.79 Å². The Labute approximate surface area is 217 Å². The van der Waals surface area contributed by atoms with Gasteiger partial charge in [-0.15, -0.1) is 24.0 Å². The molecular weight excluding hydrogens is 543 g/mol. The normalized spacial score (nSPS) is 14.9. The number of nitrogens with zero attached hydrogens (tertiary/aromatic N) is 1. The third-order valence-electron chi connectivity index (χ3n) is 5.60. The van der Waals surface area contributed by atoms with Gasteiger partial charge in [0, 0.05) is 44.1 Å². The fraction of sp³-hybridized carbons (Fsp3) is 0.308. The lowest BCUT2D eigenvalue weighted by molar-refractivity contribution is 0.0963. The minimum absolute atomic E-state index is 0. The summed E-state index contributed by atoms with van der Waals surface area (Å²) < 4.78 is 11.2. The van der Waals surface area contributed by atoms with Gasteiger partial charge in [0.2, 0.25) is 0 Å². The number of rotatable bonds is 8. The average Bonchev–Trinajstić information content (AvgIpc) is 3.37. The van der Waals surface area contributed by atoms with E-state index in [9.17, 15) is 4.79 Å². The molecule has 0 spiro atoms. The predicted molar refractivity (Wildman–Crippen MR) is 144 cm³/mol. The van der Waals surface area contributed by atoms with Crippen molar-refractivity contribution in [2.75, 3.05) is 26.7 Å². The summed E-state index contributed by atoms with van der Waals surface area (Å²) in [4.78, 5) is 16.7. The summed E-state index contributed by atoms with van der Waals surface area (Å²) in [5, 5.41) is 9.71. The van der Waals surface area contributed by atoms with Gasteiger partial charge in [-0.1, -0.05) is 30.3 Å². The SMILES string of the molecule is CNC(=O)c1cccc(CCNC(=NCCc2ccco2)NC2CCOc3ccccc32)c1.I. The molecule has 180 valence electrons. The van der Waals surface area contributed by atoms with Crippen molar-refractivity contribution in [3.8, 4) is 5.75 Å². The minimum atomic E-state index is -0.0789. The molecule has 7 nitrogen and oxygen atoms in total. The van der Waals surface area contributed by atoms with Gasteiger partial charge in [0.05, 0.1) is 18.9 Å². The average molecular weight is 574 g/mol. The Morgan fingerprint density at radius 2 is 1.97 bits per heavy atom. The monoisotopic (exact) mass is 574 g/mol. The molecule has 1 aliphatic heterocycles. The fourth-order valence-electron chi connectivity index (χ4n) is 3.88. The van der Waals surface area contributed by atoms with Crippen LogP contribution >= 0.6 is 24.0 Å². The summed E-state index contributed by atoms with van der Waals surface area (Å²) in [6, 6.07) is 19.8. The largest absolute Gasteiger partial charge is 0.493 e. The molecule has 1 unspecified atom stereocenters. The van der Waals surface area contributed by atoms with Crippen LogP contribution < -0.4 is 20.7 Å². The van der Waals surface area contributed by atoms with Gasteiger partial charge >= 0.3 is 0 Å². The molecule has 1 atom stereocenters. The first-order chi connectivity index (χ1) is 16.2. The number of guanidine groups is 1. The first-order valence-electron chi connectivity index (χ1n) is 11.3. The predicted octanol–water partition coefficient (Wildman–Crippen LogP) is 4.10. The quantitative estimate of drug-likeness (QED) is 0.214. The second kappa shape index (κ2) is 13.0. The maximum Gasteiger partial charge on any atom is 0.251 e. The Hall–Kier alpha value is -3.01. The van der Waals surface area contributed by atoms with Crippen LogP contribution in [0.4, 0.5) is 0 Å². The molecule has 1 amide bonds. The number of carbonyl (C=O) groups excluding carboxylic acids is 1. The lowest BCUT2D eigenvalue weighted by Crippen LogP contribution is -2.42. The molecule has 1 aliphatic rings. The van der Waals surface area contributed by atoms with Crippen molar-refractivity contribution in [2.45, 2.75) is 25.3 Å². The fourth-order valence-corrected chi connectivity index (χ4v) is 3.88. The van der Waals surface area contributed by atoms with Crippen LogP contribution in [0.5, 0.6) is 5.75 Å². The number of hydrogen-bond acceptors (Lipinski definition) is 4. The van der Waals surface area contributed by atoms with Crippen molar-refractivity contribution in [3.63, 3.8) is 0 Å². The highest BCUT2D eigenvalue weighted by molar-refractivity contribution is 14.0.